The molecule has 0 bridgehead atoms. The lowest BCUT2D eigenvalue weighted by atomic mass is 10.1. The van der Waals surface area contributed by atoms with Crippen LogP contribution in [0.3, 0.4) is 0 Å². The Morgan fingerprint density at radius 2 is 1.54 bits per heavy atom. The monoisotopic (exact) mass is 571 g/mol. The molecule has 0 saturated heterocycles. The number of carbonyl (C=O) groups excluding carboxylic acids is 2. The van der Waals surface area contributed by atoms with Crippen molar-refractivity contribution in [3.8, 4) is 5.75 Å². The zero-order valence-corrected chi connectivity index (χ0v) is 24.1. The zero-order chi connectivity index (χ0) is 28.6. The van der Waals surface area contributed by atoms with Gasteiger partial charge < -0.3 is 15.0 Å². The van der Waals surface area contributed by atoms with Gasteiger partial charge in [-0.2, -0.15) is 0 Å². The van der Waals surface area contributed by atoms with Gasteiger partial charge in [0.1, 0.15) is 18.3 Å². The van der Waals surface area contributed by atoms with Crippen LogP contribution in [0.2, 0.25) is 5.02 Å². The van der Waals surface area contributed by atoms with Crippen molar-refractivity contribution < 1.29 is 22.7 Å². The van der Waals surface area contributed by atoms with Crippen molar-refractivity contribution in [3.05, 3.63) is 89.4 Å². The highest BCUT2D eigenvalue weighted by atomic mass is 35.5. The smallest absolute Gasteiger partial charge is 0.264 e. The van der Waals surface area contributed by atoms with E-state index >= 15 is 0 Å². The molecule has 3 rings (SSSR count). The van der Waals surface area contributed by atoms with Gasteiger partial charge in [-0.1, -0.05) is 67.9 Å². The maximum absolute atomic E-state index is 13.9. The van der Waals surface area contributed by atoms with Crippen LogP contribution in [0.1, 0.15) is 26.3 Å². The minimum Gasteiger partial charge on any atom is -0.497 e. The van der Waals surface area contributed by atoms with Gasteiger partial charge in [0.2, 0.25) is 11.8 Å². The lowest BCUT2D eigenvalue weighted by Crippen LogP contribution is -2.51. The van der Waals surface area contributed by atoms with Crippen molar-refractivity contribution in [1.82, 2.24) is 10.2 Å². The van der Waals surface area contributed by atoms with Crippen LogP contribution >= 0.6 is 11.6 Å². The molecule has 0 aromatic heterocycles. The molecule has 1 N–H and O–H groups in total. The van der Waals surface area contributed by atoms with Gasteiger partial charge in [0, 0.05) is 13.1 Å². The Kier molecular flexibility index (Phi) is 10.4. The topological polar surface area (TPSA) is 96.0 Å². The second kappa shape index (κ2) is 13.5. The second-order valence-electron chi connectivity index (χ2n) is 9.46. The van der Waals surface area contributed by atoms with Gasteiger partial charge in [0.25, 0.3) is 10.0 Å². The van der Waals surface area contributed by atoms with Crippen LogP contribution in [0.15, 0.2) is 83.8 Å². The van der Waals surface area contributed by atoms with E-state index in [4.69, 9.17) is 16.3 Å². The first-order chi connectivity index (χ1) is 18.5. The van der Waals surface area contributed by atoms with E-state index in [9.17, 15) is 18.0 Å². The van der Waals surface area contributed by atoms with Crippen molar-refractivity contribution >= 4 is 39.1 Å². The molecule has 0 heterocycles. The van der Waals surface area contributed by atoms with Gasteiger partial charge in [-0.25, -0.2) is 8.42 Å². The maximum Gasteiger partial charge on any atom is 0.264 e. The number of carbonyl (C=O) groups is 2. The Labute approximate surface area is 235 Å². The number of hydrogen-bond acceptors (Lipinski definition) is 5. The molecule has 2 amide bonds. The van der Waals surface area contributed by atoms with Gasteiger partial charge in [0.05, 0.1) is 22.7 Å². The van der Waals surface area contributed by atoms with Crippen LogP contribution in [0.25, 0.3) is 0 Å². The molecule has 8 nitrogen and oxygen atoms in total. The minimum atomic E-state index is -4.17. The van der Waals surface area contributed by atoms with Crippen molar-refractivity contribution in [1.29, 1.82) is 0 Å². The van der Waals surface area contributed by atoms with E-state index in [2.05, 4.69) is 5.32 Å². The second-order valence-corrected chi connectivity index (χ2v) is 11.7. The lowest BCUT2D eigenvalue weighted by molar-refractivity contribution is -0.139. The Balaban J connectivity index is 2.00. The summed E-state index contributed by atoms with van der Waals surface area (Å²) in [6.07, 6.45) is 0. The highest BCUT2D eigenvalue weighted by Gasteiger charge is 2.33. The van der Waals surface area contributed by atoms with Crippen molar-refractivity contribution in [2.45, 2.75) is 38.3 Å². The van der Waals surface area contributed by atoms with Crippen LogP contribution in [-0.4, -0.2) is 51.4 Å². The zero-order valence-electron chi connectivity index (χ0n) is 22.5. The molecule has 39 heavy (non-hydrogen) atoms. The van der Waals surface area contributed by atoms with Crippen LogP contribution in [0.5, 0.6) is 5.75 Å². The number of halogens is 1. The first-order valence-corrected chi connectivity index (χ1v) is 14.4. The van der Waals surface area contributed by atoms with Crippen LogP contribution in [0.4, 0.5) is 5.69 Å². The lowest BCUT2D eigenvalue weighted by Gasteiger charge is -2.32. The van der Waals surface area contributed by atoms with Crippen molar-refractivity contribution in [2.24, 2.45) is 5.92 Å². The van der Waals surface area contributed by atoms with E-state index in [1.165, 1.54) is 17.0 Å². The molecule has 3 aromatic rings. The molecule has 0 spiro atoms. The number of sulfonamides is 1. The summed E-state index contributed by atoms with van der Waals surface area (Å²) >= 11 is 6.41. The summed E-state index contributed by atoms with van der Waals surface area (Å²) in [5.41, 5.74) is 0.917. The molecular formula is C29H34ClN3O5S. The molecule has 10 heteroatoms. The van der Waals surface area contributed by atoms with Gasteiger partial charge in [-0.05, 0) is 54.8 Å². The third-order valence-corrected chi connectivity index (χ3v) is 8.19. The van der Waals surface area contributed by atoms with Gasteiger partial charge in [0.15, 0.2) is 0 Å². The molecule has 0 aliphatic carbocycles. The molecule has 0 unspecified atom stereocenters. The van der Waals surface area contributed by atoms with E-state index in [-0.39, 0.29) is 34.0 Å². The summed E-state index contributed by atoms with van der Waals surface area (Å²) < 4.78 is 33.7. The number of anilines is 1. The van der Waals surface area contributed by atoms with Gasteiger partial charge >= 0.3 is 0 Å². The quantitative estimate of drug-likeness (QED) is 0.339. The van der Waals surface area contributed by atoms with E-state index in [0.717, 1.165) is 9.87 Å². The van der Waals surface area contributed by atoms with E-state index in [1.54, 1.807) is 80.8 Å². The number of ether oxygens (including phenoxy) is 1. The minimum absolute atomic E-state index is 0.0159. The Bertz CT molecular complexity index is 1370. The standard InChI is InChI=1S/C29H34ClN3O5S/c1-21(2)18-31-29(35)22(3)32(19-23-14-16-24(38-4)17-15-23)28(34)20-33(27-13-9-8-12-26(27)30)39(36,37)25-10-6-5-7-11-25/h5-17,21-22H,18-20H2,1-4H3,(H,31,35)/t22-/m1/s1. The van der Waals surface area contributed by atoms with Gasteiger partial charge in [-0.15, -0.1) is 0 Å². The van der Waals surface area contributed by atoms with Crippen LogP contribution in [0, 0.1) is 5.92 Å². The number of nitrogens with zero attached hydrogens (tertiary/aromatic N) is 2. The van der Waals surface area contributed by atoms with Gasteiger partial charge in [-0.3, -0.25) is 13.9 Å². The first kappa shape index (κ1) is 30.0. The number of hydrogen-bond donors (Lipinski definition) is 1. The summed E-state index contributed by atoms with van der Waals surface area (Å²) in [4.78, 5) is 28.3. The molecule has 1 atom stereocenters. The first-order valence-electron chi connectivity index (χ1n) is 12.6. The normalized spacial score (nSPS) is 12.1. The third kappa shape index (κ3) is 7.74. The van der Waals surface area contributed by atoms with E-state index in [0.29, 0.717) is 12.3 Å². The number of para-hydroxylation sites is 1. The molecular weight excluding hydrogens is 538 g/mol. The summed E-state index contributed by atoms with van der Waals surface area (Å²) in [5.74, 6) is -0.0185. The highest BCUT2D eigenvalue weighted by molar-refractivity contribution is 7.92. The molecule has 208 valence electrons. The summed E-state index contributed by atoms with van der Waals surface area (Å²) in [6, 6.07) is 20.5. The fraction of sp³-hybridized carbons (Fsp3) is 0.310. The Morgan fingerprint density at radius 1 is 0.923 bits per heavy atom. The molecule has 0 saturated carbocycles. The number of amides is 2. The predicted octanol–water partition coefficient (Wildman–Crippen LogP) is 4.73. The van der Waals surface area contributed by atoms with E-state index in [1.807, 2.05) is 13.8 Å². The van der Waals surface area contributed by atoms with Crippen LogP contribution < -0.4 is 14.4 Å². The predicted molar refractivity (Wildman–Crippen MR) is 153 cm³/mol. The fourth-order valence-electron chi connectivity index (χ4n) is 3.85. The average Bonchev–Trinajstić information content (AvgIpc) is 2.94. The summed E-state index contributed by atoms with van der Waals surface area (Å²) in [7, 11) is -2.61. The number of benzene rings is 3. The average molecular weight is 572 g/mol. The Hall–Kier alpha value is -3.56. The molecule has 0 fully saturated rings. The largest absolute Gasteiger partial charge is 0.497 e. The highest BCUT2D eigenvalue weighted by Crippen LogP contribution is 2.30. The summed E-state index contributed by atoms with van der Waals surface area (Å²) in [6.45, 7) is 5.55. The van der Waals surface area contributed by atoms with E-state index < -0.39 is 28.5 Å². The summed E-state index contributed by atoms with van der Waals surface area (Å²) in [5, 5.41) is 3.04. The molecule has 0 aliphatic heterocycles. The van der Waals surface area contributed by atoms with Crippen LogP contribution in [-0.2, 0) is 26.2 Å². The molecule has 0 aliphatic rings. The fourth-order valence-corrected chi connectivity index (χ4v) is 5.59. The SMILES string of the molecule is COc1ccc(CN(C(=O)CN(c2ccccc2Cl)S(=O)(=O)c2ccccc2)[C@H](C)C(=O)NCC(C)C)cc1. The molecule has 0 radical (unpaired) electrons. The van der Waals surface area contributed by atoms with Crippen molar-refractivity contribution in [2.75, 3.05) is 24.5 Å². The maximum atomic E-state index is 13.9. The third-order valence-electron chi connectivity index (χ3n) is 6.10. The molecule has 3 aromatic carbocycles. The van der Waals surface area contributed by atoms with Crippen molar-refractivity contribution in [3.63, 3.8) is 0 Å². The Morgan fingerprint density at radius 3 is 2.13 bits per heavy atom. The number of methoxy groups -OCH3 is 1. The number of rotatable bonds is 12. The number of nitrogens with one attached hydrogen (secondary N) is 1.